The highest BCUT2D eigenvalue weighted by Gasteiger charge is 2.16. The van der Waals surface area contributed by atoms with Crippen molar-refractivity contribution >= 4 is 67.6 Å². The molecule has 1 N–H and O–H groups in total. The molecule has 3 aromatic heterocycles. The van der Waals surface area contributed by atoms with Gasteiger partial charge in [-0.25, -0.2) is 9.97 Å². The number of nitrogens with zero attached hydrogens (tertiary/aromatic N) is 3. The molecule has 0 saturated carbocycles. The number of para-hydroxylation sites is 1. The van der Waals surface area contributed by atoms with Crippen molar-refractivity contribution in [1.82, 2.24) is 14.5 Å². The standard InChI is InChI=1S/C21H12Cl2N4O3S/c22-11-5-6-12(14(23)7-11)15-9-31-21(25-15)26-17(28)8-27-10-24-18-13-3-1-2-4-16(13)30-19(18)20(27)29/h1-7,9-10H,8H2,(H,25,26,28). The maximum Gasteiger partial charge on any atom is 0.297 e. The predicted octanol–water partition coefficient (Wildman–Crippen LogP) is 5.21. The highest BCUT2D eigenvalue weighted by Crippen LogP contribution is 2.32. The van der Waals surface area contributed by atoms with Gasteiger partial charge in [-0.05, 0) is 30.3 Å². The minimum Gasteiger partial charge on any atom is -0.448 e. The number of carbonyl (C=O) groups excluding carboxylic acids is 1. The van der Waals surface area contributed by atoms with E-state index in [1.165, 1.54) is 22.2 Å². The van der Waals surface area contributed by atoms with Gasteiger partial charge in [0, 0.05) is 21.4 Å². The third kappa shape index (κ3) is 3.69. The second kappa shape index (κ2) is 7.81. The fourth-order valence-electron chi connectivity index (χ4n) is 3.19. The van der Waals surface area contributed by atoms with Crippen LogP contribution in [-0.4, -0.2) is 20.4 Å². The Morgan fingerprint density at radius 2 is 2.03 bits per heavy atom. The summed E-state index contributed by atoms with van der Waals surface area (Å²) in [6, 6.07) is 12.4. The number of nitrogens with one attached hydrogen (secondary N) is 1. The number of aromatic nitrogens is 3. The average Bonchev–Trinajstić information content (AvgIpc) is 3.35. The molecule has 5 rings (SSSR count). The van der Waals surface area contributed by atoms with Gasteiger partial charge in [-0.3, -0.25) is 14.2 Å². The van der Waals surface area contributed by atoms with Crippen molar-refractivity contribution in [3.05, 3.63) is 74.6 Å². The van der Waals surface area contributed by atoms with E-state index >= 15 is 0 Å². The normalized spacial score (nSPS) is 11.3. The van der Waals surface area contributed by atoms with Gasteiger partial charge >= 0.3 is 0 Å². The molecule has 0 fully saturated rings. The molecule has 31 heavy (non-hydrogen) atoms. The summed E-state index contributed by atoms with van der Waals surface area (Å²) in [7, 11) is 0. The Morgan fingerprint density at radius 3 is 2.87 bits per heavy atom. The highest BCUT2D eigenvalue weighted by atomic mass is 35.5. The van der Waals surface area contributed by atoms with Crippen LogP contribution in [0.5, 0.6) is 0 Å². The van der Waals surface area contributed by atoms with Crippen molar-refractivity contribution in [3.8, 4) is 11.3 Å². The third-order valence-electron chi connectivity index (χ3n) is 4.62. The molecule has 10 heteroatoms. The molecular formula is C21H12Cl2N4O3S. The van der Waals surface area contributed by atoms with Gasteiger partial charge in [0.05, 0.1) is 17.0 Å². The maximum absolute atomic E-state index is 12.8. The molecule has 0 saturated heterocycles. The Morgan fingerprint density at radius 1 is 1.19 bits per heavy atom. The number of furan rings is 1. The van der Waals surface area contributed by atoms with Gasteiger partial charge in [-0.2, -0.15) is 0 Å². The van der Waals surface area contributed by atoms with Crippen molar-refractivity contribution in [2.24, 2.45) is 0 Å². The van der Waals surface area contributed by atoms with Crippen molar-refractivity contribution in [1.29, 1.82) is 0 Å². The Labute approximate surface area is 188 Å². The minimum absolute atomic E-state index is 0.116. The third-order valence-corrected chi connectivity index (χ3v) is 5.93. The van der Waals surface area contributed by atoms with Crippen LogP contribution in [0.15, 0.2) is 63.4 Å². The fraction of sp³-hybridized carbons (Fsp3) is 0.0476. The molecule has 0 aliphatic rings. The van der Waals surface area contributed by atoms with E-state index in [9.17, 15) is 9.59 Å². The number of fused-ring (bicyclic) bond motifs is 3. The molecule has 0 unspecified atom stereocenters. The van der Waals surface area contributed by atoms with Crippen LogP contribution in [0.1, 0.15) is 0 Å². The minimum atomic E-state index is -0.427. The SMILES string of the molecule is O=C(Cn1cnc2c(oc3ccccc32)c1=O)Nc1nc(-c2ccc(Cl)cc2Cl)cs1. The first-order valence-corrected chi connectivity index (χ1v) is 10.7. The van der Waals surface area contributed by atoms with Crippen LogP contribution < -0.4 is 10.9 Å². The zero-order chi connectivity index (χ0) is 21.5. The van der Waals surface area contributed by atoms with E-state index in [0.29, 0.717) is 37.5 Å². The average molecular weight is 471 g/mol. The molecule has 0 atom stereocenters. The van der Waals surface area contributed by atoms with Gasteiger partial charge in [0.15, 0.2) is 5.13 Å². The van der Waals surface area contributed by atoms with E-state index in [4.69, 9.17) is 27.6 Å². The summed E-state index contributed by atoms with van der Waals surface area (Å²) in [5.74, 6) is -0.414. The lowest BCUT2D eigenvalue weighted by Crippen LogP contribution is -2.27. The molecule has 0 bridgehead atoms. The largest absolute Gasteiger partial charge is 0.448 e. The molecule has 3 heterocycles. The summed E-state index contributed by atoms with van der Waals surface area (Å²) in [6.45, 7) is -0.227. The van der Waals surface area contributed by atoms with Crippen molar-refractivity contribution in [2.75, 3.05) is 5.32 Å². The van der Waals surface area contributed by atoms with Crippen LogP contribution in [0.25, 0.3) is 33.3 Å². The number of anilines is 1. The molecule has 154 valence electrons. The molecule has 1 amide bonds. The van der Waals surface area contributed by atoms with E-state index in [1.54, 1.807) is 29.6 Å². The van der Waals surface area contributed by atoms with E-state index in [2.05, 4.69) is 15.3 Å². The predicted molar refractivity (Wildman–Crippen MR) is 122 cm³/mol. The Bertz CT molecular complexity index is 1520. The first-order chi connectivity index (χ1) is 15.0. The van der Waals surface area contributed by atoms with Crippen LogP contribution in [-0.2, 0) is 11.3 Å². The van der Waals surface area contributed by atoms with Crippen molar-refractivity contribution in [3.63, 3.8) is 0 Å². The Balaban J connectivity index is 1.37. The van der Waals surface area contributed by atoms with Gasteiger partial charge in [0.25, 0.3) is 5.56 Å². The van der Waals surface area contributed by atoms with E-state index in [1.807, 2.05) is 18.2 Å². The van der Waals surface area contributed by atoms with Gasteiger partial charge in [0.1, 0.15) is 17.6 Å². The molecule has 5 aromatic rings. The lowest BCUT2D eigenvalue weighted by atomic mass is 10.2. The summed E-state index contributed by atoms with van der Waals surface area (Å²) < 4.78 is 6.83. The summed E-state index contributed by atoms with van der Waals surface area (Å²) in [5.41, 5.74) is 2.06. The second-order valence-corrected chi connectivity index (χ2v) is 8.37. The fourth-order valence-corrected chi connectivity index (χ4v) is 4.43. The monoisotopic (exact) mass is 470 g/mol. The van der Waals surface area contributed by atoms with Gasteiger partial charge < -0.3 is 9.73 Å². The smallest absolute Gasteiger partial charge is 0.297 e. The molecular weight excluding hydrogens is 459 g/mol. The molecule has 0 spiro atoms. The summed E-state index contributed by atoms with van der Waals surface area (Å²) in [5, 5.41) is 6.60. The number of carbonyl (C=O) groups is 1. The zero-order valence-electron chi connectivity index (χ0n) is 15.6. The summed E-state index contributed by atoms with van der Waals surface area (Å²) in [4.78, 5) is 33.9. The lowest BCUT2D eigenvalue weighted by molar-refractivity contribution is -0.116. The van der Waals surface area contributed by atoms with Crippen molar-refractivity contribution < 1.29 is 9.21 Å². The van der Waals surface area contributed by atoms with Crippen LogP contribution in [0.3, 0.4) is 0 Å². The van der Waals surface area contributed by atoms with Crippen LogP contribution in [0.4, 0.5) is 5.13 Å². The summed E-state index contributed by atoms with van der Waals surface area (Å²) in [6.07, 6.45) is 1.34. The molecule has 0 radical (unpaired) electrons. The quantitative estimate of drug-likeness (QED) is 0.389. The Kier molecular flexibility index (Phi) is 4.97. The summed E-state index contributed by atoms with van der Waals surface area (Å²) >= 11 is 13.4. The highest BCUT2D eigenvalue weighted by molar-refractivity contribution is 7.14. The van der Waals surface area contributed by atoms with Gasteiger partial charge in [-0.15, -0.1) is 11.3 Å². The topological polar surface area (TPSA) is 90.0 Å². The molecule has 0 aliphatic carbocycles. The zero-order valence-corrected chi connectivity index (χ0v) is 18.0. The van der Waals surface area contributed by atoms with E-state index < -0.39 is 11.5 Å². The number of benzene rings is 2. The number of halogens is 2. The number of thiazole rings is 1. The number of rotatable bonds is 4. The first kappa shape index (κ1) is 19.7. The lowest BCUT2D eigenvalue weighted by Gasteiger charge is -2.05. The van der Waals surface area contributed by atoms with Gasteiger partial charge in [0.2, 0.25) is 11.5 Å². The maximum atomic E-state index is 12.8. The first-order valence-electron chi connectivity index (χ1n) is 9.07. The van der Waals surface area contributed by atoms with Crippen LogP contribution in [0, 0.1) is 0 Å². The number of hydrogen-bond donors (Lipinski definition) is 1. The molecule has 7 nitrogen and oxygen atoms in total. The van der Waals surface area contributed by atoms with Crippen LogP contribution >= 0.6 is 34.5 Å². The van der Waals surface area contributed by atoms with E-state index in [-0.39, 0.29) is 12.1 Å². The molecule has 0 aliphatic heterocycles. The van der Waals surface area contributed by atoms with Gasteiger partial charge in [-0.1, -0.05) is 35.3 Å². The van der Waals surface area contributed by atoms with E-state index in [0.717, 1.165) is 5.39 Å². The number of hydrogen-bond acceptors (Lipinski definition) is 6. The number of amides is 1. The Hall–Kier alpha value is -3.20. The van der Waals surface area contributed by atoms with Crippen LogP contribution in [0.2, 0.25) is 10.0 Å². The molecule has 2 aromatic carbocycles. The van der Waals surface area contributed by atoms with Crippen molar-refractivity contribution in [2.45, 2.75) is 6.54 Å². The second-order valence-electron chi connectivity index (χ2n) is 6.66.